The van der Waals surface area contributed by atoms with E-state index >= 15 is 0 Å². The van der Waals surface area contributed by atoms with E-state index in [-0.39, 0.29) is 11.8 Å². The number of ether oxygens (including phenoxy) is 1. The van der Waals surface area contributed by atoms with E-state index < -0.39 is 11.3 Å². The topological polar surface area (TPSA) is 83.4 Å². The molecule has 8 heteroatoms. The Morgan fingerprint density at radius 3 is 2.50 bits per heavy atom. The van der Waals surface area contributed by atoms with Gasteiger partial charge in [0.25, 0.3) is 5.91 Å². The fourth-order valence-electron chi connectivity index (χ4n) is 4.20. The smallest absolute Gasteiger partial charge is 0.259 e. The number of methoxy groups -OCH3 is 1. The number of benzene rings is 3. The van der Waals surface area contributed by atoms with Gasteiger partial charge in [-0.2, -0.15) is 0 Å². The zero-order chi connectivity index (χ0) is 25.1. The van der Waals surface area contributed by atoms with Gasteiger partial charge >= 0.3 is 0 Å². The number of thioether (sulfide) groups is 1. The van der Waals surface area contributed by atoms with Crippen LogP contribution in [0.4, 0.5) is 11.4 Å². The Bertz CT molecular complexity index is 1340. The van der Waals surface area contributed by atoms with Gasteiger partial charge in [0.05, 0.1) is 18.0 Å². The largest absolute Gasteiger partial charge is 0.497 e. The van der Waals surface area contributed by atoms with Gasteiger partial charge in [0, 0.05) is 17.7 Å². The van der Waals surface area contributed by atoms with Crippen LogP contribution in [0.25, 0.3) is 0 Å². The lowest BCUT2D eigenvalue weighted by molar-refractivity contribution is -0.124. The molecule has 0 saturated heterocycles. The molecule has 2 aliphatic heterocycles. The maximum absolute atomic E-state index is 13.6. The number of carbonyl (C=O) groups is 2. The summed E-state index contributed by atoms with van der Waals surface area (Å²) >= 11 is 1.29. The van der Waals surface area contributed by atoms with Crippen LogP contribution in [0.15, 0.2) is 88.8 Å². The number of nitrogens with one attached hydrogen (secondary N) is 1. The first kappa shape index (κ1) is 23.8. The summed E-state index contributed by atoms with van der Waals surface area (Å²) in [5.74, 6) is 1.04. The minimum absolute atomic E-state index is 0.125. The van der Waals surface area contributed by atoms with Gasteiger partial charge in [0.15, 0.2) is 5.17 Å². The van der Waals surface area contributed by atoms with Gasteiger partial charge in [-0.15, -0.1) is 0 Å². The summed E-state index contributed by atoms with van der Waals surface area (Å²) in [6, 6.07) is 24.2. The van der Waals surface area contributed by atoms with Gasteiger partial charge in [-0.3, -0.25) is 14.6 Å². The third-order valence-corrected chi connectivity index (χ3v) is 7.40. The van der Waals surface area contributed by atoms with Crippen LogP contribution < -0.4 is 10.1 Å². The third kappa shape index (κ3) is 4.77. The molecule has 3 aromatic rings. The van der Waals surface area contributed by atoms with E-state index in [1.54, 1.807) is 36.3 Å². The van der Waals surface area contributed by atoms with E-state index in [1.807, 2.05) is 61.5 Å². The summed E-state index contributed by atoms with van der Waals surface area (Å²) in [5.41, 5.74) is 3.29. The fourth-order valence-corrected chi connectivity index (χ4v) is 5.22. The van der Waals surface area contributed by atoms with E-state index in [0.717, 1.165) is 16.8 Å². The maximum Gasteiger partial charge on any atom is 0.259 e. The third-order valence-electron chi connectivity index (χ3n) is 6.09. The maximum atomic E-state index is 13.6. The molecule has 1 N–H and O–H groups in total. The molecular weight excluding hydrogens is 472 g/mol. The molecule has 3 aromatic carbocycles. The lowest BCUT2D eigenvalue weighted by Gasteiger charge is -2.27. The van der Waals surface area contributed by atoms with Gasteiger partial charge in [-0.25, -0.2) is 9.89 Å². The number of amides is 2. The van der Waals surface area contributed by atoms with Crippen LogP contribution in [0.3, 0.4) is 0 Å². The Morgan fingerprint density at radius 1 is 1.06 bits per heavy atom. The standard InChI is InChI=1S/C28H26N4O3S/c1-3-24(26(33)29-19-13-15-20(35-2)16-14-19)36-28-31-22-12-8-7-11-21(22)25-30-23(27(34)32(25)28)17-18-9-5-4-6-10-18/h4-16,23-24H,3,17H2,1-2H3,(H,29,33). The number of fused-ring (bicyclic) bond motifs is 3. The molecule has 0 saturated carbocycles. The first-order chi connectivity index (χ1) is 17.6. The summed E-state index contributed by atoms with van der Waals surface area (Å²) in [7, 11) is 1.60. The zero-order valence-corrected chi connectivity index (χ0v) is 20.9. The quantitative estimate of drug-likeness (QED) is 0.494. The number of rotatable bonds is 7. The summed E-state index contributed by atoms with van der Waals surface area (Å²) in [4.78, 5) is 37.9. The molecule has 0 fully saturated rings. The molecular formula is C28H26N4O3S. The van der Waals surface area contributed by atoms with Gasteiger partial charge < -0.3 is 10.1 Å². The molecule has 2 amide bonds. The lowest BCUT2D eigenvalue weighted by Crippen LogP contribution is -2.42. The van der Waals surface area contributed by atoms with Crippen molar-refractivity contribution in [2.45, 2.75) is 31.1 Å². The highest BCUT2D eigenvalue weighted by atomic mass is 32.2. The number of aliphatic imine (C=N–C) groups is 2. The molecule has 2 unspecified atom stereocenters. The molecule has 5 rings (SSSR count). The average Bonchev–Trinajstić information content (AvgIpc) is 3.24. The van der Waals surface area contributed by atoms with Crippen LogP contribution >= 0.6 is 11.8 Å². The Labute approximate surface area is 214 Å². The molecule has 2 aliphatic rings. The predicted molar refractivity (Wildman–Crippen MR) is 144 cm³/mol. The highest BCUT2D eigenvalue weighted by Gasteiger charge is 2.42. The van der Waals surface area contributed by atoms with E-state index in [4.69, 9.17) is 14.7 Å². The minimum Gasteiger partial charge on any atom is -0.497 e. The monoisotopic (exact) mass is 498 g/mol. The molecule has 0 spiro atoms. The molecule has 182 valence electrons. The van der Waals surface area contributed by atoms with E-state index in [2.05, 4.69) is 5.32 Å². The van der Waals surface area contributed by atoms with Crippen LogP contribution in [-0.4, -0.2) is 46.1 Å². The molecule has 2 heterocycles. The number of anilines is 1. The van der Waals surface area contributed by atoms with Crippen molar-refractivity contribution in [1.29, 1.82) is 0 Å². The summed E-state index contributed by atoms with van der Waals surface area (Å²) < 4.78 is 5.19. The lowest BCUT2D eigenvalue weighted by atomic mass is 10.1. The second-order valence-corrected chi connectivity index (χ2v) is 9.65. The molecule has 7 nitrogen and oxygen atoms in total. The van der Waals surface area contributed by atoms with Crippen LogP contribution in [0.2, 0.25) is 0 Å². The highest BCUT2D eigenvalue weighted by Crippen LogP contribution is 2.36. The number of nitrogens with zero attached hydrogens (tertiary/aromatic N) is 3. The number of amidine groups is 2. The molecule has 0 radical (unpaired) electrons. The van der Waals surface area contributed by atoms with E-state index in [9.17, 15) is 9.59 Å². The normalized spacial score (nSPS) is 17.0. The first-order valence-corrected chi connectivity index (χ1v) is 12.7. The Hall–Kier alpha value is -3.91. The number of hydrogen-bond donors (Lipinski definition) is 1. The van der Waals surface area contributed by atoms with Crippen molar-refractivity contribution in [3.63, 3.8) is 0 Å². The van der Waals surface area contributed by atoms with Gasteiger partial charge in [0.1, 0.15) is 17.6 Å². The van der Waals surface area contributed by atoms with Crippen molar-refractivity contribution < 1.29 is 14.3 Å². The molecule has 36 heavy (non-hydrogen) atoms. The highest BCUT2D eigenvalue weighted by molar-refractivity contribution is 8.15. The molecule has 0 bridgehead atoms. The zero-order valence-electron chi connectivity index (χ0n) is 20.0. The van der Waals surface area contributed by atoms with Crippen molar-refractivity contribution in [3.8, 4) is 5.75 Å². The van der Waals surface area contributed by atoms with E-state index in [1.165, 1.54) is 11.8 Å². The van der Waals surface area contributed by atoms with Gasteiger partial charge in [0.2, 0.25) is 5.91 Å². The average molecular weight is 499 g/mol. The van der Waals surface area contributed by atoms with Crippen molar-refractivity contribution in [3.05, 3.63) is 90.0 Å². The van der Waals surface area contributed by atoms with Crippen molar-refractivity contribution in [2.24, 2.45) is 9.98 Å². The fraction of sp³-hybridized carbons (Fsp3) is 0.214. The second kappa shape index (κ2) is 10.4. The van der Waals surface area contributed by atoms with Crippen LogP contribution in [-0.2, 0) is 16.0 Å². The Balaban J connectivity index is 1.40. The number of para-hydroxylation sites is 1. The van der Waals surface area contributed by atoms with Gasteiger partial charge in [-0.1, -0.05) is 61.2 Å². The summed E-state index contributed by atoms with van der Waals surface area (Å²) in [5, 5.41) is 2.99. The number of carbonyl (C=O) groups excluding carboxylic acids is 2. The minimum atomic E-state index is -0.535. The molecule has 2 atom stereocenters. The van der Waals surface area contributed by atoms with Crippen molar-refractivity contribution in [2.75, 3.05) is 12.4 Å². The Kier molecular flexibility index (Phi) is 6.86. The summed E-state index contributed by atoms with van der Waals surface area (Å²) in [6.07, 6.45) is 1.07. The SMILES string of the molecule is CCC(SC1=Nc2ccccc2C2=NC(Cc3ccccc3)C(=O)N12)C(=O)Nc1ccc(OC)cc1. The van der Waals surface area contributed by atoms with E-state index in [0.29, 0.717) is 35.3 Å². The number of hydrogen-bond acceptors (Lipinski definition) is 6. The van der Waals surface area contributed by atoms with Crippen LogP contribution in [0, 0.1) is 0 Å². The predicted octanol–water partition coefficient (Wildman–Crippen LogP) is 5.05. The van der Waals surface area contributed by atoms with Crippen LogP contribution in [0.5, 0.6) is 5.75 Å². The Morgan fingerprint density at radius 2 is 1.78 bits per heavy atom. The first-order valence-electron chi connectivity index (χ1n) is 11.8. The van der Waals surface area contributed by atoms with Crippen molar-refractivity contribution in [1.82, 2.24) is 4.90 Å². The van der Waals surface area contributed by atoms with Crippen LogP contribution in [0.1, 0.15) is 24.5 Å². The molecule has 0 aliphatic carbocycles. The van der Waals surface area contributed by atoms with Gasteiger partial charge in [-0.05, 0) is 48.4 Å². The second-order valence-electron chi connectivity index (χ2n) is 8.48. The van der Waals surface area contributed by atoms with Crippen molar-refractivity contribution >= 4 is 46.0 Å². The molecule has 0 aromatic heterocycles. The summed E-state index contributed by atoms with van der Waals surface area (Å²) in [6.45, 7) is 1.95.